The molecule has 1 aliphatic carbocycles. The SMILES string of the molecule is NC(=O)c1cc(N[C@H]2CCNC2=O)nc(-c2ccc(Oc3ccc(C4CC4)cn3)cc2)n1. The Morgan fingerprint density at radius 2 is 1.91 bits per heavy atom. The van der Waals surface area contributed by atoms with Crippen molar-refractivity contribution in [3.8, 4) is 23.0 Å². The highest BCUT2D eigenvalue weighted by molar-refractivity contribution is 5.92. The molecular weight excluding hydrogens is 408 g/mol. The Morgan fingerprint density at radius 3 is 2.53 bits per heavy atom. The van der Waals surface area contributed by atoms with E-state index in [2.05, 4.69) is 31.7 Å². The lowest BCUT2D eigenvalue weighted by Gasteiger charge is -2.13. The van der Waals surface area contributed by atoms with Crippen molar-refractivity contribution in [2.75, 3.05) is 11.9 Å². The van der Waals surface area contributed by atoms with Gasteiger partial charge in [0.2, 0.25) is 11.8 Å². The number of benzene rings is 1. The zero-order valence-electron chi connectivity index (χ0n) is 17.2. The highest BCUT2D eigenvalue weighted by Gasteiger charge is 2.25. The lowest BCUT2D eigenvalue weighted by molar-refractivity contribution is -0.119. The van der Waals surface area contributed by atoms with Gasteiger partial charge in [-0.2, -0.15) is 0 Å². The number of aromatic nitrogens is 3. The number of carbonyl (C=O) groups is 2. The van der Waals surface area contributed by atoms with Gasteiger partial charge < -0.3 is 21.1 Å². The predicted molar refractivity (Wildman–Crippen MR) is 117 cm³/mol. The van der Waals surface area contributed by atoms with Gasteiger partial charge in [-0.15, -0.1) is 0 Å². The number of pyridine rings is 1. The molecule has 2 amide bonds. The van der Waals surface area contributed by atoms with Gasteiger partial charge in [0.15, 0.2) is 5.82 Å². The summed E-state index contributed by atoms with van der Waals surface area (Å²) in [7, 11) is 0. The summed E-state index contributed by atoms with van der Waals surface area (Å²) < 4.78 is 5.83. The highest BCUT2D eigenvalue weighted by atomic mass is 16.5. The largest absolute Gasteiger partial charge is 0.439 e. The fourth-order valence-corrected chi connectivity index (χ4v) is 3.59. The molecule has 2 aromatic heterocycles. The minimum atomic E-state index is -0.673. The number of amides is 2. The van der Waals surface area contributed by atoms with Crippen molar-refractivity contribution in [3.05, 3.63) is 59.9 Å². The third kappa shape index (κ3) is 4.36. The Hall–Kier alpha value is -4.01. The van der Waals surface area contributed by atoms with Crippen molar-refractivity contribution in [1.29, 1.82) is 0 Å². The van der Waals surface area contributed by atoms with Crippen LogP contribution in [0.1, 0.15) is 41.2 Å². The third-order valence-electron chi connectivity index (χ3n) is 5.49. The summed E-state index contributed by atoms with van der Waals surface area (Å²) in [6, 6.07) is 12.1. The number of carbonyl (C=O) groups excluding carboxylic acids is 2. The fourth-order valence-electron chi connectivity index (χ4n) is 3.59. The molecule has 3 aromatic rings. The van der Waals surface area contributed by atoms with Gasteiger partial charge in [0.1, 0.15) is 23.3 Å². The number of ether oxygens (including phenoxy) is 1. The normalized spacial score (nSPS) is 17.6. The van der Waals surface area contributed by atoms with Crippen LogP contribution < -0.4 is 21.1 Å². The van der Waals surface area contributed by atoms with E-state index in [-0.39, 0.29) is 11.6 Å². The van der Waals surface area contributed by atoms with E-state index in [1.807, 2.05) is 12.3 Å². The molecule has 2 aliphatic rings. The van der Waals surface area contributed by atoms with Gasteiger partial charge in [-0.1, -0.05) is 6.07 Å². The molecule has 32 heavy (non-hydrogen) atoms. The number of primary amides is 1. The minimum absolute atomic E-state index is 0.0659. The lowest BCUT2D eigenvalue weighted by Crippen LogP contribution is -2.30. The zero-order chi connectivity index (χ0) is 22.1. The first kappa shape index (κ1) is 19.9. The maximum Gasteiger partial charge on any atom is 0.267 e. The van der Waals surface area contributed by atoms with Crippen LogP contribution in [0.4, 0.5) is 5.82 Å². The molecule has 9 nitrogen and oxygen atoms in total. The Bertz CT molecular complexity index is 1160. The van der Waals surface area contributed by atoms with Crippen molar-refractivity contribution in [3.63, 3.8) is 0 Å². The van der Waals surface area contributed by atoms with Crippen LogP contribution >= 0.6 is 0 Å². The molecule has 4 N–H and O–H groups in total. The summed E-state index contributed by atoms with van der Waals surface area (Å²) in [5.74, 6) is 1.70. The monoisotopic (exact) mass is 430 g/mol. The third-order valence-corrected chi connectivity index (χ3v) is 5.49. The van der Waals surface area contributed by atoms with Gasteiger partial charge in [0.25, 0.3) is 5.91 Å². The highest BCUT2D eigenvalue weighted by Crippen LogP contribution is 2.40. The molecule has 9 heteroatoms. The van der Waals surface area contributed by atoms with Crippen molar-refractivity contribution >= 4 is 17.6 Å². The van der Waals surface area contributed by atoms with E-state index in [1.54, 1.807) is 24.3 Å². The van der Waals surface area contributed by atoms with Crippen LogP contribution in [-0.2, 0) is 4.79 Å². The number of nitrogens with one attached hydrogen (secondary N) is 2. The molecule has 1 aromatic carbocycles. The van der Waals surface area contributed by atoms with E-state index in [0.29, 0.717) is 47.7 Å². The van der Waals surface area contributed by atoms with Crippen molar-refractivity contribution in [2.45, 2.75) is 31.2 Å². The maximum atomic E-state index is 11.9. The van der Waals surface area contributed by atoms with E-state index in [1.165, 1.54) is 24.5 Å². The van der Waals surface area contributed by atoms with Crippen molar-refractivity contribution in [2.24, 2.45) is 5.73 Å². The summed E-state index contributed by atoms with van der Waals surface area (Å²) >= 11 is 0. The molecule has 0 spiro atoms. The first-order valence-corrected chi connectivity index (χ1v) is 10.5. The smallest absolute Gasteiger partial charge is 0.267 e. The molecule has 0 bridgehead atoms. The van der Waals surface area contributed by atoms with Gasteiger partial charge in [0.05, 0.1) is 0 Å². The van der Waals surface area contributed by atoms with Crippen LogP contribution in [0.5, 0.6) is 11.6 Å². The summed E-state index contributed by atoms with van der Waals surface area (Å²) in [6.45, 7) is 0.594. The molecule has 0 radical (unpaired) electrons. The second-order valence-corrected chi connectivity index (χ2v) is 7.93. The molecule has 1 atom stereocenters. The van der Waals surface area contributed by atoms with Crippen LogP contribution in [-0.4, -0.2) is 39.4 Å². The Kier molecular flexibility index (Phi) is 5.14. The summed E-state index contributed by atoms with van der Waals surface area (Å²) in [6.07, 6.45) is 4.95. The minimum Gasteiger partial charge on any atom is -0.439 e. The molecule has 1 saturated heterocycles. The topological polar surface area (TPSA) is 132 Å². The van der Waals surface area contributed by atoms with Crippen molar-refractivity contribution < 1.29 is 14.3 Å². The average Bonchev–Trinajstić information content (AvgIpc) is 3.58. The molecule has 162 valence electrons. The Labute approximate surface area is 184 Å². The number of hydrogen-bond donors (Lipinski definition) is 3. The van der Waals surface area contributed by atoms with E-state index in [4.69, 9.17) is 10.5 Å². The van der Waals surface area contributed by atoms with Gasteiger partial charge >= 0.3 is 0 Å². The van der Waals surface area contributed by atoms with E-state index in [9.17, 15) is 9.59 Å². The van der Waals surface area contributed by atoms with Crippen LogP contribution in [0.3, 0.4) is 0 Å². The maximum absolute atomic E-state index is 11.9. The Balaban J connectivity index is 1.35. The fraction of sp³-hybridized carbons (Fsp3) is 0.261. The van der Waals surface area contributed by atoms with Gasteiger partial charge in [-0.25, -0.2) is 15.0 Å². The van der Waals surface area contributed by atoms with Gasteiger partial charge in [0, 0.05) is 30.4 Å². The number of nitrogens with two attached hydrogens (primary N) is 1. The number of hydrogen-bond acceptors (Lipinski definition) is 7. The standard InChI is InChI=1S/C23H22N6O3/c24-21(30)18-11-19(27-17-9-10-25-23(17)31)29-22(28-18)14-3-6-16(7-4-14)32-20-8-5-15(12-26-20)13-1-2-13/h3-8,11-13,17H,1-2,9-10H2,(H2,24,30)(H,25,31)(H,27,28,29)/t17-/m0/s1. The van der Waals surface area contributed by atoms with Crippen LogP contribution in [0.2, 0.25) is 0 Å². The summed E-state index contributed by atoms with van der Waals surface area (Å²) in [5.41, 5.74) is 7.44. The van der Waals surface area contributed by atoms with E-state index < -0.39 is 11.9 Å². The second-order valence-electron chi connectivity index (χ2n) is 7.93. The number of rotatable bonds is 7. The molecule has 2 fully saturated rings. The first-order valence-electron chi connectivity index (χ1n) is 10.5. The first-order chi connectivity index (χ1) is 15.5. The quantitative estimate of drug-likeness (QED) is 0.525. The second kappa shape index (κ2) is 8.26. The van der Waals surface area contributed by atoms with Crippen LogP contribution in [0, 0.1) is 0 Å². The molecule has 1 aliphatic heterocycles. The zero-order valence-corrected chi connectivity index (χ0v) is 17.2. The average molecular weight is 430 g/mol. The van der Waals surface area contributed by atoms with E-state index in [0.717, 1.165) is 0 Å². The molecular formula is C23H22N6O3. The summed E-state index contributed by atoms with van der Waals surface area (Å²) in [4.78, 5) is 36.7. The summed E-state index contributed by atoms with van der Waals surface area (Å²) in [5, 5.41) is 5.81. The van der Waals surface area contributed by atoms with Crippen LogP contribution in [0.15, 0.2) is 48.7 Å². The lowest BCUT2D eigenvalue weighted by atomic mass is 10.2. The van der Waals surface area contributed by atoms with Crippen molar-refractivity contribution in [1.82, 2.24) is 20.3 Å². The van der Waals surface area contributed by atoms with Gasteiger partial charge in [-0.05, 0) is 55.0 Å². The molecule has 3 heterocycles. The molecule has 0 unspecified atom stereocenters. The number of anilines is 1. The Morgan fingerprint density at radius 1 is 1.09 bits per heavy atom. The predicted octanol–water partition coefficient (Wildman–Crippen LogP) is 2.61. The number of nitrogens with zero attached hydrogens (tertiary/aromatic N) is 3. The van der Waals surface area contributed by atoms with E-state index >= 15 is 0 Å². The molecule has 5 rings (SSSR count). The van der Waals surface area contributed by atoms with Crippen LogP contribution in [0.25, 0.3) is 11.4 Å². The van der Waals surface area contributed by atoms with Gasteiger partial charge in [-0.3, -0.25) is 9.59 Å². The molecule has 1 saturated carbocycles.